The van der Waals surface area contributed by atoms with E-state index in [1.807, 2.05) is 24.4 Å². The van der Waals surface area contributed by atoms with Gasteiger partial charge >= 0.3 is 0 Å². The van der Waals surface area contributed by atoms with Gasteiger partial charge in [-0.2, -0.15) is 5.10 Å². The van der Waals surface area contributed by atoms with E-state index in [0.29, 0.717) is 17.6 Å². The molecule has 2 N–H and O–H groups in total. The summed E-state index contributed by atoms with van der Waals surface area (Å²) < 4.78 is 1.59. The Morgan fingerprint density at radius 2 is 2.07 bits per heavy atom. The minimum atomic E-state index is -0.138. The fraction of sp³-hybridized carbons (Fsp3) is 0.400. The molecule has 1 fully saturated rings. The van der Waals surface area contributed by atoms with E-state index in [9.17, 15) is 4.79 Å². The topological polar surface area (TPSA) is 95.7 Å². The van der Waals surface area contributed by atoms with Crippen LogP contribution < -0.4 is 5.32 Å². The average molecular weight is 380 g/mol. The molecule has 0 spiro atoms. The fourth-order valence-electron chi connectivity index (χ4n) is 3.55. The smallest absolute Gasteiger partial charge is 0.256 e. The molecule has 0 radical (unpaired) electrons. The van der Waals surface area contributed by atoms with Gasteiger partial charge in [0.1, 0.15) is 5.56 Å². The zero-order valence-electron chi connectivity index (χ0n) is 15.7. The Balaban J connectivity index is 1.34. The van der Waals surface area contributed by atoms with Gasteiger partial charge in [-0.05, 0) is 37.0 Å². The van der Waals surface area contributed by atoms with Crippen molar-refractivity contribution in [3.63, 3.8) is 0 Å². The maximum Gasteiger partial charge on any atom is 0.256 e. The van der Waals surface area contributed by atoms with Crippen LogP contribution in [0.2, 0.25) is 0 Å². The van der Waals surface area contributed by atoms with Crippen molar-refractivity contribution in [3.05, 3.63) is 59.8 Å². The molecule has 3 aromatic rings. The zero-order chi connectivity index (χ0) is 19.3. The number of nitrogens with zero attached hydrogens (tertiary/aromatic N) is 5. The number of amides is 1. The molecular weight excluding hydrogens is 356 g/mol. The number of hydrogen-bond acceptors (Lipinski definition) is 6. The first kappa shape index (κ1) is 18.5. The number of aromatic nitrogens is 4. The molecule has 0 aliphatic carbocycles. The number of hydrogen-bond donors (Lipinski definition) is 2. The molecule has 0 atom stereocenters. The van der Waals surface area contributed by atoms with Gasteiger partial charge in [0.15, 0.2) is 5.65 Å². The number of fused-ring (bicyclic) bond motifs is 1. The predicted octanol–water partition coefficient (Wildman–Crippen LogP) is 1.05. The van der Waals surface area contributed by atoms with Crippen LogP contribution in [0.4, 0.5) is 0 Å². The Kier molecular flexibility index (Phi) is 5.59. The summed E-state index contributed by atoms with van der Waals surface area (Å²) in [5, 5.41) is 16.4. The van der Waals surface area contributed by atoms with Crippen molar-refractivity contribution in [3.8, 4) is 0 Å². The lowest BCUT2D eigenvalue weighted by molar-refractivity contribution is 0.0910. The summed E-state index contributed by atoms with van der Waals surface area (Å²) in [6.07, 6.45) is 9.18. The monoisotopic (exact) mass is 380 g/mol. The number of pyridine rings is 1. The van der Waals surface area contributed by atoms with E-state index in [1.54, 1.807) is 23.1 Å². The minimum Gasteiger partial charge on any atom is -0.396 e. The molecule has 146 valence electrons. The van der Waals surface area contributed by atoms with Crippen molar-refractivity contribution in [2.24, 2.45) is 0 Å². The third-order valence-electron chi connectivity index (χ3n) is 5.09. The largest absolute Gasteiger partial charge is 0.396 e. The van der Waals surface area contributed by atoms with Gasteiger partial charge in [-0.1, -0.05) is 6.07 Å². The molecule has 0 unspecified atom stereocenters. The first-order valence-corrected chi connectivity index (χ1v) is 9.59. The number of nitrogens with one attached hydrogen (secondary N) is 1. The van der Waals surface area contributed by atoms with Gasteiger partial charge in [0, 0.05) is 50.9 Å². The molecule has 1 aliphatic heterocycles. The molecule has 4 rings (SSSR count). The van der Waals surface area contributed by atoms with Crippen LogP contribution in [0.15, 0.2) is 43.0 Å². The second kappa shape index (κ2) is 8.45. The average Bonchev–Trinajstić information content (AvgIpc) is 3.14. The van der Waals surface area contributed by atoms with Gasteiger partial charge < -0.3 is 10.4 Å². The van der Waals surface area contributed by atoms with E-state index in [4.69, 9.17) is 5.11 Å². The highest BCUT2D eigenvalue weighted by atomic mass is 16.3. The summed E-state index contributed by atoms with van der Waals surface area (Å²) >= 11 is 0. The van der Waals surface area contributed by atoms with Crippen molar-refractivity contribution in [2.75, 3.05) is 19.7 Å². The maximum absolute atomic E-state index is 12.7. The van der Waals surface area contributed by atoms with Gasteiger partial charge in [0.25, 0.3) is 5.91 Å². The van der Waals surface area contributed by atoms with E-state index < -0.39 is 0 Å². The third kappa shape index (κ3) is 4.18. The van der Waals surface area contributed by atoms with Crippen LogP contribution in [0.25, 0.3) is 5.65 Å². The van der Waals surface area contributed by atoms with E-state index in [1.165, 1.54) is 0 Å². The van der Waals surface area contributed by atoms with Crippen LogP contribution in [-0.2, 0) is 13.0 Å². The van der Waals surface area contributed by atoms with E-state index in [0.717, 1.165) is 43.7 Å². The van der Waals surface area contributed by atoms with Gasteiger partial charge in [-0.15, -0.1) is 0 Å². The second-order valence-corrected chi connectivity index (χ2v) is 7.11. The number of carbonyl (C=O) groups is 1. The molecule has 1 aliphatic rings. The van der Waals surface area contributed by atoms with Crippen molar-refractivity contribution in [1.29, 1.82) is 0 Å². The molecule has 3 aromatic heterocycles. The van der Waals surface area contributed by atoms with Crippen LogP contribution in [0.5, 0.6) is 0 Å². The summed E-state index contributed by atoms with van der Waals surface area (Å²) in [6, 6.07) is 6.12. The number of likely N-dealkylation sites (tertiary alicyclic amines) is 1. The number of piperidine rings is 1. The Bertz CT molecular complexity index is 934. The Labute approximate surface area is 163 Å². The van der Waals surface area contributed by atoms with Gasteiger partial charge in [-0.3, -0.25) is 14.7 Å². The lowest BCUT2D eigenvalue weighted by Gasteiger charge is -2.32. The summed E-state index contributed by atoms with van der Waals surface area (Å²) in [5.41, 5.74) is 2.96. The second-order valence-electron chi connectivity index (χ2n) is 7.11. The predicted molar refractivity (Wildman–Crippen MR) is 104 cm³/mol. The number of aliphatic hydroxyl groups excluding tert-OH is 1. The number of carbonyl (C=O) groups excluding carboxylic acids is 1. The van der Waals surface area contributed by atoms with Crippen LogP contribution >= 0.6 is 0 Å². The van der Waals surface area contributed by atoms with E-state index >= 15 is 0 Å². The van der Waals surface area contributed by atoms with Gasteiger partial charge in [0.2, 0.25) is 0 Å². The van der Waals surface area contributed by atoms with E-state index in [-0.39, 0.29) is 18.6 Å². The highest BCUT2D eigenvalue weighted by molar-refractivity contribution is 5.99. The molecule has 4 heterocycles. The fourth-order valence-corrected chi connectivity index (χ4v) is 3.55. The lowest BCUT2D eigenvalue weighted by atomic mass is 10.0. The minimum absolute atomic E-state index is 0.0564. The molecule has 0 saturated carbocycles. The Morgan fingerprint density at radius 3 is 2.82 bits per heavy atom. The summed E-state index contributed by atoms with van der Waals surface area (Å²) in [5.74, 6) is -0.138. The van der Waals surface area contributed by atoms with Crippen molar-refractivity contribution in [1.82, 2.24) is 29.8 Å². The van der Waals surface area contributed by atoms with Crippen LogP contribution in [0.1, 0.15) is 34.5 Å². The summed E-state index contributed by atoms with van der Waals surface area (Å²) in [4.78, 5) is 23.8. The van der Waals surface area contributed by atoms with Crippen LogP contribution in [-0.4, -0.2) is 61.2 Å². The van der Waals surface area contributed by atoms with Crippen LogP contribution in [0, 0.1) is 0 Å². The summed E-state index contributed by atoms with van der Waals surface area (Å²) in [6.45, 7) is 2.76. The number of aliphatic hydroxyl groups is 1. The van der Waals surface area contributed by atoms with E-state index in [2.05, 4.69) is 25.3 Å². The quantitative estimate of drug-likeness (QED) is 0.664. The standard InChI is InChI=1S/C20H24N6O2/c27-10-6-15-11-22-19-18(12-23-26(19)13-15)20(28)24-16-4-8-25(9-5-16)14-17-3-1-2-7-21-17/h1-3,7,11-13,16,27H,4-6,8-10,14H2,(H,24,28). The molecule has 1 saturated heterocycles. The Morgan fingerprint density at radius 1 is 1.21 bits per heavy atom. The van der Waals surface area contributed by atoms with Crippen molar-refractivity contribution in [2.45, 2.75) is 31.8 Å². The first-order chi connectivity index (χ1) is 13.7. The normalized spacial score (nSPS) is 15.8. The molecule has 8 heteroatoms. The van der Waals surface area contributed by atoms with Crippen LogP contribution in [0.3, 0.4) is 0 Å². The maximum atomic E-state index is 12.7. The first-order valence-electron chi connectivity index (χ1n) is 9.59. The lowest BCUT2D eigenvalue weighted by Crippen LogP contribution is -2.44. The zero-order valence-corrected chi connectivity index (χ0v) is 15.7. The van der Waals surface area contributed by atoms with Gasteiger partial charge in [0.05, 0.1) is 11.9 Å². The van der Waals surface area contributed by atoms with Crippen molar-refractivity contribution >= 4 is 11.6 Å². The molecule has 1 amide bonds. The molecule has 0 bridgehead atoms. The Hall–Kier alpha value is -2.84. The highest BCUT2D eigenvalue weighted by Crippen LogP contribution is 2.15. The molecule has 0 aromatic carbocycles. The van der Waals surface area contributed by atoms with Gasteiger partial charge in [-0.25, -0.2) is 9.50 Å². The SMILES string of the molecule is O=C(NC1CCN(Cc2ccccn2)CC1)c1cnn2cc(CCO)cnc12. The van der Waals surface area contributed by atoms with Crippen molar-refractivity contribution < 1.29 is 9.90 Å². The third-order valence-corrected chi connectivity index (χ3v) is 5.09. The highest BCUT2D eigenvalue weighted by Gasteiger charge is 2.23. The summed E-state index contributed by atoms with van der Waals surface area (Å²) in [7, 11) is 0. The molecule has 8 nitrogen and oxygen atoms in total. The molecular formula is C20H24N6O2. The number of rotatable bonds is 6. The molecule has 28 heavy (non-hydrogen) atoms.